The topological polar surface area (TPSA) is 79.9 Å². The van der Waals surface area contributed by atoms with Crippen molar-refractivity contribution in [3.63, 3.8) is 0 Å². The van der Waals surface area contributed by atoms with E-state index < -0.39 is 0 Å². The molecule has 0 aliphatic carbocycles. The van der Waals surface area contributed by atoms with Crippen molar-refractivity contribution >= 4 is 17.7 Å². The van der Waals surface area contributed by atoms with Crippen LogP contribution in [0.15, 0.2) is 59.8 Å². The summed E-state index contributed by atoms with van der Waals surface area (Å²) in [5.41, 5.74) is 2.34. The number of aromatic nitrogens is 3. The smallest absolute Gasteiger partial charge is 0.230 e. The summed E-state index contributed by atoms with van der Waals surface area (Å²) < 4.78 is 5.68. The number of aryl methyl sites for hydroxylation is 1. The molecule has 0 saturated carbocycles. The van der Waals surface area contributed by atoms with Gasteiger partial charge in [-0.15, -0.1) is 5.10 Å². The fraction of sp³-hybridized carbons (Fsp3) is 0.250. The maximum atomic E-state index is 11.9. The number of benzene rings is 2. The first-order valence-corrected chi connectivity index (χ1v) is 9.72. The monoisotopic (exact) mass is 382 g/mol. The summed E-state index contributed by atoms with van der Waals surface area (Å²) in [5.74, 6) is 1.67. The first-order chi connectivity index (χ1) is 13.2. The number of thioether (sulfide) groups is 1. The Morgan fingerprint density at radius 2 is 2.04 bits per heavy atom. The van der Waals surface area contributed by atoms with E-state index in [2.05, 4.69) is 32.6 Å². The summed E-state index contributed by atoms with van der Waals surface area (Å²) in [5, 5.41) is 10.4. The van der Waals surface area contributed by atoms with Crippen LogP contribution in [0.4, 0.5) is 0 Å². The lowest BCUT2D eigenvalue weighted by Gasteiger charge is -2.04. The van der Waals surface area contributed by atoms with Crippen molar-refractivity contribution < 1.29 is 9.53 Å². The Balaban J connectivity index is 1.36. The van der Waals surface area contributed by atoms with Crippen LogP contribution in [0.25, 0.3) is 0 Å². The molecule has 1 aromatic heterocycles. The van der Waals surface area contributed by atoms with Crippen LogP contribution in [0, 0.1) is 6.92 Å². The molecule has 0 atom stereocenters. The Morgan fingerprint density at radius 3 is 2.85 bits per heavy atom. The molecule has 0 bridgehead atoms. The van der Waals surface area contributed by atoms with Gasteiger partial charge in [0.1, 0.15) is 12.4 Å². The average Bonchev–Trinajstić information content (AvgIpc) is 3.14. The van der Waals surface area contributed by atoms with Gasteiger partial charge in [0.05, 0.1) is 5.75 Å². The number of nitrogens with zero attached hydrogens (tertiary/aromatic N) is 2. The van der Waals surface area contributed by atoms with Gasteiger partial charge in [0.2, 0.25) is 11.1 Å². The number of carbonyl (C=O) groups is 1. The van der Waals surface area contributed by atoms with E-state index in [0.29, 0.717) is 24.1 Å². The van der Waals surface area contributed by atoms with Crippen molar-refractivity contribution in [1.29, 1.82) is 0 Å². The second-order valence-corrected chi connectivity index (χ2v) is 6.99. The first kappa shape index (κ1) is 19.0. The van der Waals surface area contributed by atoms with Crippen molar-refractivity contribution in [2.24, 2.45) is 0 Å². The molecule has 3 aromatic rings. The van der Waals surface area contributed by atoms with Crippen LogP contribution in [0.3, 0.4) is 0 Å². The van der Waals surface area contributed by atoms with Crippen molar-refractivity contribution in [3.05, 3.63) is 71.5 Å². The van der Waals surface area contributed by atoms with Gasteiger partial charge in [-0.3, -0.25) is 9.89 Å². The largest absolute Gasteiger partial charge is 0.486 e. The summed E-state index contributed by atoms with van der Waals surface area (Å²) in [6, 6.07) is 17.9. The summed E-state index contributed by atoms with van der Waals surface area (Å²) in [4.78, 5) is 16.3. The Kier molecular flexibility index (Phi) is 6.87. The highest BCUT2D eigenvalue weighted by Crippen LogP contribution is 2.15. The summed E-state index contributed by atoms with van der Waals surface area (Å²) >= 11 is 1.30. The number of rotatable bonds is 9. The Labute approximate surface area is 162 Å². The third kappa shape index (κ3) is 6.45. The minimum Gasteiger partial charge on any atom is -0.486 e. The third-order valence-electron chi connectivity index (χ3n) is 3.79. The second-order valence-electron chi connectivity index (χ2n) is 6.04. The first-order valence-electron chi connectivity index (χ1n) is 8.73. The van der Waals surface area contributed by atoms with Gasteiger partial charge < -0.3 is 10.1 Å². The predicted molar refractivity (Wildman–Crippen MR) is 106 cm³/mol. The molecule has 1 amide bonds. The van der Waals surface area contributed by atoms with E-state index in [4.69, 9.17) is 4.74 Å². The second kappa shape index (κ2) is 9.78. The fourth-order valence-corrected chi connectivity index (χ4v) is 3.08. The molecule has 0 saturated heterocycles. The van der Waals surface area contributed by atoms with Gasteiger partial charge in [-0.25, -0.2) is 4.98 Å². The van der Waals surface area contributed by atoms with Crippen LogP contribution in [-0.2, 0) is 17.8 Å². The lowest BCUT2D eigenvalue weighted by Crippen LogP contribution is -2.27. The van der Waals surface area contributed by atoms with Gasteiger partial charge in [-0.2, -0.15) is 0 Å². The SMILES string of the molecule is Cc1cccc(OCc2nc(SCC(=O)NCCc3ccccc3)n[nH]2)c1. The van der Waals surface area contributed by atoms with E-state index in [1.165, 1.54) is 17.3 Å². The minimum atomic E-state index is -0.0294. The Hall–Kier alpha value is -2.80. The van der Waals surface area contributed by atoms with Gasteiger partial charge in [-0.1, -0.05) is 54.2 Å². The van der Waals surface area contributed by atoms with Crippen molar-refractivity contribution in [2.75, 3.05) is 12.3 Å². The van der Waals surface area contributed by atoms with Crippen LogP contribution in [-0.4, -0.2) is 33.4 Å². The molecular formula is C20H22N4O2S. The zero-order chi connectivity index (χ0) is 18.9. The number of hydrogen-bond donors (Lipinski definition) is 2. The highest BCUT2D eigenvalue weighted by atomic mass is 32.2. The minimum absolute atomic E-state index is 0.0294. The lowest BCUT2D eigenvalue weighted by atomic mass is 10.1. The number of aromatic amines is 1. The van der Waals surface area contributed by atoms with Crippen LogP contribution in [0.2, 0.25) is 0 Å². The molecule has 0 unspecified atom stereocenters. The van der Waals surface area contributed by atoms with Crippen LogP contribution >= 0.6 is 11.8 Å². The van der Waals surface area contributed by atoms with Crippen LogP contribution in [0.5, 0.6) is 5.75 Å². The Morgan fingerprint density at radius 1 is 1.19 bits per heavy atom. The molecule has 0 spiro atoms. The quantitative estimate of drug-likeness (QED) is 0.556. The number of amides is 1. The molecule has 0 fully saturated rings. The number of H-pyrrole nitrogens is 1. The van der Waals surface area contributed by atoms with E-state index in [9.17, 15) is 4.79 Å². The fourth-order valence-electron chi connectivity index (χ4n) is 2.44. The molecule has 2 N–H and O–H groups in total. The Bertz CT molecular complexity index is 867. The molecule has 6 nitrogen and oxygen atoms in total. The molecule has 27 heavy (non-hydrogen) atoms. The zero-order valence-electron chi connectivity index (χ0n) is 15.1. The number of nitrogens with one attached hydrogen (secondary N) is 2. The molecule has 7 heteroatoms. The lowest BCUT2D eigenvalue weighted by molar-refractivity contribution is -0.118. The molecule has 0 aliphatic rings. The number of carbonyl (C=O) groups excluding carboxylic acids is 1. The van der Waals surface area contributed by atoms with E-state index in [0.717, 1.165) is 17.7 Å². The maximum Gasteiger partial charge on any atom is 0.230 e. The third-order valence-corrected chi connectivity index (χ3v) is 4.63. The number of hydrogen-bond acceptors (Lipinski definition) is 5. The van der Waals surface area contributed by atoms with Gasteiger partial charge in [-0.05, 0) is 36.6 Å². The summed E-state index contributed by atoms with van der Waals surface area (Å²) in [6.45, 7) is 2.94. The highest BCUT2D eigenvalue weighted by Gasteiger charge is 2.08. The van der Waals surface area contributed by atoms with Gasteiger partial charge in [0.25, 0.3) is 0 Å². The predicted octanol–water partition coefficient (Wildman–Crippen LogP) is 3.14. The standard InChI is InChI=1S/C20H22N4O2S/c1-15-6-5-9-17(12-15)26-13-18-22-20(24-23-18)27-14-19(25)21-11-10-16-7-3-2-4-8-16/h2-9,12H,10-11,13-14H2,1H3,(H,21,25)(H,22,23,24). The zero-order valence-corrected chi connectivity index (χ0v) is 16.0. The van der Waals surface area contributed by atoms with Crippen molar-refractivity contribution in [1.82, 2.24) is 20.5 Å². The molecule has 2 aromatic carbocycles. The van der Waals surface area contributed by atoms with Crippen LogP contribution in [0.1, 0.15) is 17.0 Å². The van der Waals surface area contributed by atoms with Gasteiger partial charge in [0.15, 0.2) is 5.82 Å². The number of ether oxygens (including phenoxy) is 1. The summed E-state index contributed by atoms with van der Waals surface area (Å²) in [6.07, 6.45) is 0.818. The van der Waals surface area contributed by atoms with Crippen molar-refractivity contribution in [3.8, 4) is 5.75 Å². The average molecular weight is 382 g/mol. The van der Waals surface area contributed by atoms with Gasteiger partial charge >= 0.3 is 0 Å². The molecular weight excluding hydrogens is 360 g/mol. The van der Waals surface area contributed by atoms with Crippen molar-refractivity contribution in [2.45, 2.75) is 25.1 Å². The maximum absolute atomic E-state index is 11.9. The summed E-state index contributed by atoms with van der Waals surface area (Å²) in [7, 11) is 0. The molecule has 140 valence electrons. The van der Waals surface area contributed by atoms with E-state index in [1.54, 1.807) is 0 Å². The molecule has 0 aliphatic heterocycles. The van der Waals surface area contributed by atoms with E-state index >= 15 is 0 Å². The van der Waals surface area contributed by atoms with E-state index in [-0.39, 0.29) is 11.7 Å². The van der Waals surface area contributed by atoms with Gasteiger partial charge in [0, 0.05) is 6.54 Å². The van der Waals surface area contributed by atoms with E-state index in [1.807, 2.05) is 49.4 Å². The molecule has 1 heterocycles. The molecule has 0 radical (unpaired) electrons. The van der Waals surface area contributed by atoms with Crippen LogP contribution < -0.4 is 10.1 Å². The highest BCUT2D eigenvalue weighted by molar-refractivity contribution is 7.99. The normalized spacial score (nSPS) is 10.6. The molecule has 3 rings (SSSR count).